The number of rotatable bonds is 3. The van der Waals surface area contributed by atoms with Crippen LogP contribution in [-0.4, -0.2) is 10.5 Å². The fraction of sp³-hybridized carbons (Fsp3) is 0.333. The van der Waals surface area contributed by atoms with Crippen molar-refractivity contribution in [1.29, 1.82) is 0 Å². The Bertz CT molecular complexity index is 1010. The fourth-order valence-corrected chi connectivity index (χ4v) is 4.17. The number of fused-ring (bicyclic) bond motifs is 1. The van der Waals surface area contributed by atoms with Crippen LogP contribution in [0.2, 0.25) is 5.02 Å². The van der Waals surface area contributed by atoms with Gasteiger partial charge in [-0.2, -0.15) is 4.99 Å². The van der Waals surface area contributed by atoms with Crippen molar-refractivity contribution in [3.8, 4) is 0 Å². The molecule has 3 nitrogen and oxygen atoms in total. The Hall–Kier alpha value is -1.91. The van der Waals surface area contributed by atoms with Gasteiger partial charge < -0.3 is 4.57 Å². The fourth-order valence-electron chi connectivity index (χ4n) is 2.84. The first kappa shape index (κ1) is 18.9. The summed E-state index contributed by atoms with van der Waals surface area (Å²) in [5, 5.41) is 0.693. The minimum Gasteiger partial charge on any atom is -0.316 e. The van der Waals surface area contributed by atoms with Gasteiger partial charge in [0.25, 0.3) is 5.91 Å². The lowest BCUT2D eigenvalue weighted by Gasteiger charge is -2.18. The molecule has 0 N–H and O–H groups in total. The average Bonchev–Trinajstić information content (AvgIpc) is 2.91. The van der Waals surface area contributed by atoms with E-state index in [1.54, 1.807) is 0 Å². The van der Waals surface area contributed by atoms with Gasteiger partial charge in [0.05, 0.1) is 10.2 Å². The van der Waals surface area contributed by atoms with E-state index in [-0.39, 0.29) is 11.3 Å². The molecule has 0 spiro atoms. The summed E-state index contributed by atoms with van der Waals surface area (Å²) in [5.74, 6) is -0.215. The maximum Gasteiger partial charge on any atom is 0.279 e. The van der Waals surface area contributed by atoms with Crippen molar-refractivity contribution in [3.05, 3.63) is 63.4 Å². The van der Waals surface area contributed by atoms with E-state index in [1.807, 2.05) is 42.5 Å². The largest absolute Gasteiger partial charge is 0.316 e. The van der Waals surface area contributed by atoms with E-state index in [2.05, 4.69) is 37.3 Å². The highest BCUT2D eigenvalue weighted by Gasteiger charge is 2.14. The summed E-state index contributed by atoms with van der Waals surface area (Å²) in [6.45, 7) is 9.40. The average molecular weight is 387 g/mol. The van der Waals surface area contributed by atoms with E-state index in [4.69, 9.17) is 11.6 Å². The van der Waals surface area contributed by atoms with Crippen LogP contribution in [-0.2, 0) is 12.0 Å². The zero-order valence-corrected chi connectivity index (χ0v) is 17.1. The summed E-state index contributed by atoms with van der Waals surface area (Å²) in [4.78, 5) is 17.8. The Balaban J connectivity index is 2.03. The van der Waals surface area contributed by atoms with E-state index in [0.717, 1.165) is 23.2 Å². The SMILES string of the molecule is CCCn1c(=NC(=O)c2ccc(C(C)(C)C)cc2)sc2cc(Cl)ccc21. The molecule has 0 unspecified atom stereocenters. The van der Waals surface area contributed by atoms with Crippen molar-refractivity contribution in [3.63, 3.8) is 0 Å². The van der Waals surface area contributed by atoms with Crippen LogP contribution < -0.4 is 4.80 Å². The van der Waals surface area contributed by atoms with Crippen LogP contribution in [0.15, 0.2) is 47.5 Å². The number of aromatic nitrogens is 1. The molecule has 0 bridgehead atoms. The first-order valence-corrected chi connectivity index (χ1v) is 9.97. The zero-order valence-electron chi connectivity index (χ0n) is 15.5. The second kappa shape index (κ2) is 7.37. The molecule has 136 valence electrons. The molecule has 0 atom stereocenters. The van der Waals surface area contributed by atoms with Gasteiger partial charge in [-0.3, -0.25) is 4.79 Å². The van der Waals surface area contributed by atoms with Crippen molar-refractivity contribution in [2.45, 2.75) is 46.1 Å². The smallest absolute Gasteiger partial charge is 0.279 e. The normalized spacial score (nSPS) is 12.7. The molecule has 0 fully saturated rings. The summed E-state index contributed by atoms with van der Waals surface area (Å²) >= 11 is 7.61. The Morgan fingerprint density at radius 2 is 1.85 bits per heavy atom. The standard InChI is InChI=1S/C21H23ClN2OS/c1-5-12-24-17-11-10-16(22)13-18(17)26-20(24)23-19(25)14-6-8-15(9-7-14)21(2,3)4/h6-11,13H,5,12H2,1-4H3. The molecule has 0 aliphatic carbocycles. The number of aryl methyl sites for hydroxylation is 1. The Labute approximate surface area is 163 Å². The van der Waals surface area contributed by atoms with Gasteiger partial charge in [-0.15, -0.1) is 0 Å². The maximum atomic E-state index is 12.7. The van der Waals surface area contributed by atoms with Crippen molar-refractivity contribution >= 4 is 39.1 Å². The number of benzene rings is 2. The molecule has 0 radical (unpaired) electrons. The summed E-state index contributed by atoms with van der Waals surface area (Å²) in [7, 11) is 0. The highest BCUT2D eigenvalue weighted by Crippen LogP contribution is 2.23. The quantitative estimate of drug-likeness (QED) is 0.559. The highest BCUT2D eigenvalue weighted by molar-refractivity contribution is 7.16. The Kier molecular flexibility index (Phi) is 5.35. The van der Waals surface area contributed by atoms with Gasteiger partial charge in [0.1, 0.15) is 0 Å². The molecule has 3 aromatic rings. The molecule has 1 amide bonds. The number of amides is 1. The molecule has 0 saturated carbocycles. The number of nitrogens with zero attached hydrogens (tertiary/aromatic N) is 2. The lowest BCUT2D eigenvalue weighted by molar-refractivity contribution is 0.0997. The molecule has 1 heterocycles. The second-order valence-electron chi connectivity index (χ2n) is 7.39. The number of carbonyl (C=O) groups excluding carboxylic acids is 1. The number of halogens is 1. The molecule has 0 aliphatic rings. The van der Waals surface area contributed by atoms with Crippen LogP contribution in [0.3, 0.4) is 0 Å². The topological polar surface area (TPSA) is 34.4 Å². The summed E-state index contributed by atoms with van der Waals surface area (Å²) < 4.78 is 3.14. The second-order valence-corrected chi connectivity index (χ2v) is 8.84. The third kappa shape index (κ3) is 3.92. The zero-order chi connectivity index (χ0) is 18.9. The minimum absolute atomic E-state index is 0.0631. The van der Waals surface area contributed by atoms with Gasteiger partial charge in [-0.1, -0.05) is 62.8 Å². The van der Waals surface area contributed by atoms with Gasteiger partial charge in [0, 0.05) is 17.1 Å². The molecule has 1 aromatic heterocycles. The number of thiazole rings is 1. The lowest BCUT2D eigenvalue weighted by atomic mass is 9.87. The van der Waals surface area contributed by atoms with Crippen molar-refractivity contribution in [2.75, 3.05) is 0 Å². The van der Waals surface area contributed by atoms with E-state index in [1.165, 1.54) is 16.9 Å². The van der Waals surface area contributed by atoms with Gasteiger partial charge in [0.15, 0.2) is 4.80 Å². The Morgan fingerprint density at radius 3 is 2.46 bits per heavy atom. The van der Waals surface area contributed by atoms with Gasteiger partial charge in [-0.05, 0) is 47.7 Å². The molecule has 3 rings (SSSR count). The van der Waals surface area contributed by atoms with Crippen LogP contribution in [0.1, 0.15) is 50.0 Å². The number of hydrogen-bond donors (Lipinski definition) is 0. The Morgan fingerprint density at radius 1 is 1.15 bits per heavy atom. The minimum atomic E-state index is -0.215. The number of hydrogen-bond acceptors (Lipinski definition) is 2. The van der Waals surface area contributed by atoms with E-state index >= 15 is 0 Å². The van der Waals surface area contributed by atoms with Crippen LogP contribution in [0.5, 0.6) is 0 Å². The molecule has 0 aliphatic heterocycles. The highest BCUT2D eigenvalue weighted by atomic mass is 35.5. The first-order chi connectivity index (χ1) is 12.3. The monoisotopic (exact) mass is 386 g/mol. The molecule has 0 saturated heterocycles. The maximum absolute atomic E-state index is 12.7. The van der Waals surface area contributed by atoms with Crippen molar-refractivity contribution in [1.82, 2.24) is 4.57 Å². The van der Waals surface area contributed by atoms with Crippen LogP contribution in [0.25, 0.3) is 10.2 Å². The molecule has 2 aromatic carbocycles. The van der Waals surface area contributed by atoms with E-state index < -0.39 is 0 Å². The van der Waals surface area contributed by atoms with Crippen molar-refractivity contribution < 1.29 is 4.79 Å². The van der Waals surface area contributed by atoms with Crippen LogP contribution in [0.4, 0.5) is 0 Å². The van der Waals surface area contributed by atoms with Crippen LogP contribution >= 0.6 is 22.9 Å². The first-order valence-electron chi connectivity index (χ1n) is 8.78. The van der Waals surface area contributed by atoms with E-state index in [9.17, 15) is 4.79 Å². The molecule has 5 heteroatoms. The predicted molar refractivity (Wildman–Crippen MR) is 110 cm³/mol. The van der Waals surface area contributed by atoms with Gasteiger partial charge >= 0.3 is 0 Å². The third-order valence-electron chi connectivity index (χ3n) is 4.29. The predicted octanol–water partition coefficient (Wildman–Crippen LogP) is 5.80. The third-order valence-corrected chi connectivity index (χ3v) is 5.56. The van der Waals surface area contributed by atoms with Gasteiger partial charge in [-0.25, -0.2) is 0 Å². The van der Waals surface area contributed by atoms with Crippen LogP contribution in [0, 0.1) is 0 Å². The summed E-state index contributed by atoms with van der Waals surface area (Å²) in [5.41, 5.74) is 2.94. The molecule has 26 heavy (non-hydrogen) atoms. The molecular weight excluding hydrogens is 364 g/mol. The van der Waals surface area contributed by atoms with Gasteiger partial charge in [0.2, 0.25) is 0 Å². The lowest BCUT2D eigenvalue weighted by Crippen LogP contribution is -2.17. The van der Waals surface area contributed by atoms with E-state index in [0.29, 0.717) is 15.4 Å². The molecular formula is C21H23ClN2OS. The van der Waals surface area contributed by atoms with Crippen molar-refractivity contribution in [2.24, 2.45) is 4.99 Å². The summed E-state index contributed by atoms with van der Waals surface area (Å²) in [6, 6.07) is 13.5. The summed E-state index contributed by atoms with van der Waals surface area (Å²) in [6.07, 6.45) is 0.968. The number of carbonyl (C=O) groups is 1.